The number of nitrogens with two attached hydrogens (primary N) is 3. The van der Waals surface area contributed by atoms with Gasteiger partial charge in [-0.1, -0.05) is 13.8 Å². The Hall–Kier alpha value is -6.19. The summed E-state index contributed by atoms with van der Waals surface area (Å²) in [7, 11) is 0. The Bertz CT molecular complexity index is 1710. The zero-order valence-corrected chi connectivity index (χ0v) is 36.0. The molecule has 1 fully saturated rings. The maximum atomic E-state index is 13.9. The SMILES string of the molecule is CC(C)C(NC(=O)C(CCC(=O)O)NC(=O)C(CO)NC(=O)C(NC(=O)C(N)C(C)O)C(C)O)C(=O)NC(CCC(=O)O)C(=O)N1CCCC1C(=O)NC(CCCN=C(N)N)C(=O)O. The number of aliphatic hydroxyl groups excluding tert-OH is 3. The van der Waals surface area contributed by atoms with Gasteiger partial charge in [0, 0.05) is 25.9 Å². The van der Waals surface area contributed by atoms with Gasteiger partial charge in [0.05, 0.1) is 18.8 Å². The van der Waals surface area contributed by atoms with E-state index < -0.39 is 158 Å². The molecule has 1 aliphatic rings. The van der Waals surface area contributed by atoms with Crippen LogP contribution < -0.4 is 49.1 Å². The highest BCUT2D eigenvalue weighted by Crippen LogP contribution is 2.21. The Balaban J connectivity index is 3.29. The van der Waals surface area contributed by atoms with Crippen molar-refractivity contribution in [1.82, 2.24) is 36.8 Å². The lowest BCUT2D eigenvalue weighted by Gasteiger charge is -2.31. The van der Waals surface area contributed by atoms with E-state index in [-0.39, 0.29) is 44.7 Å². The van der Waals surface area contributed by atoms with Crippen molar-refractivity contribution in [3.63, 3.8) is 0 Å². The number of hydrogen-bond acceptors (Lipinski definition) is 15. The third-order valence-corrected chi connectivity index (χ3v) is 9.89. The van der Waals surface area contributed by atoms with Crippen LogP contribution >= 0.6 is 0 Å². The van der Waals surface area contributed by atoms with Gasteiger partial charge in [-0.2, -0.15) is 0 Å². The molecule has 0 spiro atoms. The number of carbonyl (C=O) groups excluding carboxylic acids is 7. The molecule has 0 bridgehead atoms. The minimum atomic E-state index is -1.86. The van der Waals surface area contributed by atoms with Gasteiger partial charge in [0.2, 0.25) is 41.4 Å². The molecule has 0 saturated carbocycles. The molecule has 0 aromatic carbocycles. The van der Waals surface area contributed by atoms with Gasteiger partial charge in [-0.15, -0.1) is 0 Å². The van der Waals surface area contributed by atoms with Crippen molar-refractivity contribution in [1.29, 1.82) is 0 Å². The van der Waals surface area contributed by atoms with Gasteiger partial charge in [-0.05, 0) is 58.3 Å². The minimum Gasteiger partial charge on any atom is -0.481 e. The van der Waals surface area contributed by atoms with Gasteiger partial charge < -0.3 is 84.6 Å². The van der Waals surface area contributed by atoms with E-state index in [1.165, 1.54) is 20.8 Å². The highest BCUT2D eigenvalue weighted by molar-refractivity contribution is 5.98. The lowest BCUT2D eigenvalue weighted by molar-refractivity contribution is -0.145. The van der Waals surface area contributed by atoms with Gasteiger partial charge in [-0.3, -0.25) is 48.1 Å². The number of aliphatic carboxylic acids is 3. The molecule has 0 aliphatic carbocycles. The molecule has 10 unspecified atom stereocenters. The van der Waals surface area contributed by atoms with Crippen LogP contribution in [0.2, 0.25) is 0 Å². The molecule has 0 aromatic rings. The highest BCUT2D eigenvalue weighted by atomic mass is 16.4. The molecular weight excluding hydrogens is 854 g/mol. The van der Waals surface area contributed by atoms with E-state index in [1.54, 1.807) is 0 Å². The Labute approximate surface area is 367 Å². The number of nitrogens with one attached hydrogen (secondary N) is 6. The zero-order valence-electron chi connectivity index (χ0n) is 36.0. The quantitative estimate of drug-likeness (QED) is 0.0197. The minimum absolute atomic E-state index is 0.0192. The molecule has 18 N–H and O–H groups in total. The van der Waals surface area contributed by atoms with E-state index in [0.29, 0.717) is 0 Å². The highest BCUT2D eigenvalue weighted by Gasteiger charge is 2.40. The van der Waals surface area contributed by atoms with Crippen LogP contribution in [0, 0.1) is 5.92 Å². The maximum absolute atomic E-state index is 13.9. The molecule has 1 heterocycles. The van der Waals surface area contributed by atoms with Gasteiger partial charge in [0.15, 0.2) is 5.96 Å². The summed E-state index contributed by atoms with van der Waals surface area (Å²) in [5.41, 5.74) is 16.1. The van der Waals surface area contributed by atoms with E-state index in [4.69, 9.17) is 17.2 Å². The molecule has 27 nitrogen and oxygen atoms in total. The number of carboxylic acids is 3. The van der Waals surface area contributed by atoms with Crippen molar-refractivity contribution >= 4 is 65.2 Å². The average molecular weight is 918 g/mol. The first-order valence-electron chi connectivity index (χ1n) is 20.4. The van der Waals surface area contributed by atoms with Crippen molar-refractivity contribution in [2.24, 2.45) is 28.1 Å². The summed E-state index contributed by atoms with van der Waals surface area (Å²) >= 11 is 0. The summed E-state index contributed by atoms with van der Waals surface area (Å²) in [5, 5.41) is 71.8. The van der Waals surface area contributed by atoms with Crippen LogP contribution in [0.3, 0.4) is 0 Å². The summed E-state index contributed by atoms with van der Waals surface area (Å²) in [5.74, 6) is -12.5. The lowest BCUT2D eigenvalue weighted by atomic mass is 10.0. The predicted octanol–water partition coefficient (Wildman–Crippen LogP) is -6.51. The molecular formula is C37H63N11O16. The number of aliphatic imine (C=N–C) groups is 1. The number of nitrogens with zero attached hydrogens (tertiary/aromatic N) is 2. The van der Waals surface area contributed by atoms with E-state index in [9.17, 15) is 78.6 Å². The summed E-state index contributed by atoms with van der Waals surface area (Å²) in [6.07, 6.45) is -4.86. The van der Waals surface area contributed by atoms with Crippen molar-refractivity contribution in [2.75, 3.05) is 19.7 Å². The Kier molecular flexibility index (Phi) is 23.6. The summed E-state index contributed by atoms with van der Waals surface area (Å²) in [4.78, 5) is 133. The summed E-state index contributed by atoms with van der Waals surface area (Å²) in [6, 6.07) is -12.5. The molecule has 10 atom stereocenters. The molecule has 1 rings (SSSR count). The molecule has 1 saturated heterocycles. The van der Waals surface area contributed by atoms with Crippen LogP contribution in [0.15, 0.2) is 4.99 Å². The number of hydrogen-bond donors (Lipinski definition) is 15. The third kappa shape index (κ3) is 18.7. The first kappa shape index (κ1) is 55.8. The van der Waals surface area contributed by atoms with Crippen LogP contribution in [0.4, 0.5) is 0 Å². The summed E-state index contributed by atoms with van der Waals surface area (Å²) in [6.45, 7) is 4.20. The molecule has 1 aliphatic heterocycles. The van der Waals surface area contributed by atoms with Crippen molar-refractivity contribution in [2.45, 2.75) is 140 Å². The second-order valence-electron chi connectivity index (χ2n) is 15.5. The predicted molar refractivity (Wildman–Crippen MR) is 221 cm³/mol. The van der Waals surface area contributed by atoms with Crippen LogP contribution in [0.5, 0.6) is 0 Å². The van der Waals surface area contributed by atoms with Gasteiger partial charge in [-0.25, -0.2) is 4.79 Å². The molecule has 362 valence electrons. The zero-order chi connectivity index (χ0) is 49.0. The number of amides is 7. The van der Waals surface area contributed by atoms with E-state index >= 15 is 0 Å². The maximum Gasteiger partial charge on any atom is 0.326 e. The molecule has 0 aromatic heterocycles. The van der Waals surface area contributed by atoms with Gasteiger partial charge in [0.1, 0.15) is 48.3 Å². The first-order valence-corrected chi connectivity index (χ1v) is 20.4. The Morgan fingerprint density at radius 3 is 1.67 bits per heavy atom. The van der Waals surface area contributed by atoms with Crippen LogP contribution in [0.1, 0.15) is 79.1 Å². The van der Waals surface area contributed by atoms with Crippen molar-refractivity contribution in [3.8, 4) is 0 Å². The fraction of sp³-hybridized carbons (Fsp3) is 0.703. The number of aliphatic hydroxyl groups is 3. The van der Waals surface area contributed by atoms with Crippen molar-refractivity contribution in [3.05, 3.63) is 0 Å². The normalized spacial score (nSPS) is 17.7. The Morgan fingerprint density at radius 2 is 1.17 bits per heavy atom. The van der Waals surface area contributed by atoms with E-state index in [1.807, 2.05) is 0 Å². The Morgan fingerprint density at radius 1 is 0.656 bits per heavy atom. The molecule has 27 heteroatoms. The molecule has 64 heavy (non-hydrogen) atoms. The molecule has 0 radical (unpaired) electrons. The number of guanidine groups is 1. The fourth-order valence-corrected chi connectivity index (χ4v) is 6.25. The largest absolute Gasteiger partial charge is 0.481 e. The first-order chi connectivity index (χ1) is 29.8. The van der Waals surface area contributed by atoms with Crippen LogP contribution in [0.25, 0.3) is 0 Å². The van der Waals surface area contributed by atoms with Gasteiger partial charge in [0.25, 0.3) is 0 Å². The number of carbonyl (C=O) groups is 10. The van der Waals surface area contributed by atoms with Crippen molar-refractivity contribution < 1.29 is 78.6 Å². The molecule has 7 amide bonds. The topological polar surface area (TPSA) is 458 Å². The second kappa shape index (κ2) is 27.1. The monoisotopic (exact) mass is 917 g/mol. The van der Waals surface area contributed by atoms with E-state index in [0.717, 1.165) is 11.8 Å². The number of carboxylic acid groups (broad SMARTS) is 3. The lowest BCUT2D eigenvalue weighted by Crippen LogP contribution is -2.62. The average Bonchev–Trinajstić information content (AvgIpc) is 3.71. The number of rotatable bonds is 28. The smallest absolute Gasteiger partial charge is 0.326 e. The number of likely N-dealkylation sites (tertiary alicyclic amines) is 1. The van der Waals surface area contributed by atoms with Gasteiger partial charge >= 0.3 is 17.9 Å². The third-order valence-electron chi connectivity index (χ3n) is 9.89. The van der Waals surface area contributed by atoms with Crippen LogP contribution in [-0.2, 0) is 47.9 Å². The van der Waals surface area contributed by atoms with Crippen LogP contribution in [-0.4, -0.2) is 181 Å². The second-order valence-corrected chi connectivity index (χ2v) is 15.5. The standard InChI is InChI=1S/C37H63N11O16/c1-16(2)27(46-29(56)19(9-11-24(52)53)42-30(57)22(15-49)45-34(61)28(18(4)51)47-32(59)26(38)17(3)50)33(60)43-20(10-12-25(54)55)35(62)48-14-6-8-23(48)31(58)44-21(36(63)64)7-5-13-41-37(39)40/h16-23,26-28,49-51H,5-15,38H2,1-4H3,(H,42,57)(H,43,60)(H,44,58)(H,45,61)(H,46,56)(H,47,59)(H,52,53)(H,54,55)(H,63,64)(H4,39,40,41). The summed E-state index contributed by atoms with van der Waals surface area (Å²) < 4.78 is 0. The fourth-order valence-electron chi connectivity index (χ4n) is 6.25. The van der Waals surface area contributed by atoms with E-state index in [2.05, 4.69) is 36.9 Å².